The van der Waals surface area contributed by atoms with E-state index in [1.54, 1.807) is 0 Å². The molecule has 0 saturated heterocycles. The number of phenolic OH excluding ortho intramolecular Hbond substituents is 1. The molecule has 1 amide bonds. The molecule has 0 radical (unpaired) electrons. The van der Waals surface area contributed by atoms with Crippen molar-refractivity contribution < 1.29 is 14.8 Å². The number of carbonyl (C=O) groups excluding carboxylic acids is 1. The lowest BCUT2D eigenvalue weighted by atomic mass is 10.2. The van der Waals surface area contributed by atoms with E-state index >= 15 is 0 Å². The number of phenols is 1. The minimum Gasteiger partial charge on any atom is -0.507 e. The molecule has 0 heterocycles. The van der Waals surface area contributed by atoms with Crippen molar-refractivity contribution in [1.82, 2.24) is 5.43 Å². The molecule has 0 aliphatic rings. The number of hydrogen-bond donors (Lipinski definition) is 2. The predicted octanol–water partition coefficient (Wildman–Crippen LogP) is 2.72. The lowest BCUT2D eigenvalue weighted by Crippen LogP contribution is -2.17. The maximum atomic E-state index is 11.8. The van der Waals surface area contributed by atoms with Crippen molar-refractivity contribution in [2.24, 2.45) is 5.10 Å². The molecule has 0 aromatic heterocycles. The van der Waals surface area contributed by atoms with Gasteiger partial charge in [0, 0.05) is 17.2 Å². The Kier molecular flexibility index (Phi) is 4.70. The number of carbonyl (C=O) groups is 1. The molecule has 2 aromatic rings. The van der Waals surface area contributed by atoms with Crippen molar-refractivity contribution in [3.8, 4) is 5.75 Å². The zero-order chi connectivity index (χ0) is 16.1. The molecule has 0 aliphatic carbocycles. The quantitative estimate of drug-likeness (QED) is 0.513. The molecule has 0 spiro atoms. The molecule has 112 valence electrons. The minimum absolute atomic E-state index is 0.00616. The van der Waals surface area contributed by atoms with Crippen LogP contribution in [0.5, 0.6) is 5.75 Å². The summed E-state index contributed by atoms with van der Waals surface area (Å²) in [5.41, 5.74) is 2.76. The fourth-order valence-corrected chi connectivity index (χ4v) is 1.77. The molecular formula is C14H10ClN3O4. The number of non-ortho nitro benzene ring substituents is 1. The summed E-state index contributed by atoms with van der Waals surface area (Å²) in [5, 5.41) is 24.1. The van der Waals surface area contributed by atoms with E-state index in [-0.39, 0.29) is 17.0 Å². The van der Waals surface area contributed by atoms with Gasteiger partial charge in [0.05, 0.1) is 16.7 Å². The molecule has 0 aliphatic heterocycles. The number of nitrogens with one attached hydrogen (secondary N) is 1. The largest absolute Gasteiger partial charge is 0.507 e. The van der Waals surface area contributed by atoms with Gasteiger partial charge in [-0.15, -0.1) is 0 Å². The van der Waals surface area contributed by atoms with Gasteiger partial charge in [0.2, 0.25) is 0 Å². The normalized spacial score (nSPS) is 10.6. The first-order chi connectivity index (χ1) is 10.5. The molecule has 0 unspecified atom stereocenters. The number of hydrogen-bond acceptors (Lipinski definition) is 5. The van der Waals surface area contributed by atoms with Crippen LogP contribution in [0.3, 0.4) is 0 Å². The lowest BCUT2D eigenvalue weighted by Gasteiger charge is -2.03. The van der Waals surface area contributed by atoms with Crippen LogP contribution in [0.1, 0.15) is 15.9 Å². The van der Waals surface area contributed by atoms with Crippen LogP contribution in [0, 0.1) is 10.1 Å². The Bertz CT molecular complexity index is 744. The summed E-state index contributed by atoms with van der Waals surface area (Å²) in [7, 11) is 0. The highest BCUT2D eigenvalue weighted by atomic mass is 35.5. The van der Waals surface area contributed by atoms with Crippen LogP contribution < -0.4 is 5.43 Å². The van der Waals surface area contributed by atoms with E-state index in [2.05, 4.69) is 10.5 Å². The Hall–Kier alpha value is -2.93. The molecule has 22 heavy (non-hydrogen) atoms. The van der Waals surface area contributed by atoms with Crippen molar-refractivity contribution in [1.29, 1.82) is 0 Å². The Balaban J connectivity index is 2.04. The van der Waals surface area contributed by atoms with Crippen LogP contribution in [0.2, 0.25) is 5.02 Å². The third kappa shape index (κ3) is 3.80. The third-order valence-electron chi connectivity index (χ3n) is 2.69. The molecule has 8 heteroatoms. The van der Waals surface area contributed by atoms with Crippen molar-refractivity contribution in [2.45, 2.75) is 0 Å². The van der Waals surface area contributed by atoms with Crippen LogP contribution in [-0.2, 0) is 0 Å². The summed E-state index contributed by atoms with van der Waals surface area (Å²) in [6.07, 6.45) is 1.32. The molecule has 0 saturated carbocycles. The number of nitro benzene ring substituents is 1. The van der Waals surface area contributed by atoms with Gasteiger partial charge in [-0.05, 0) is 35.9 Å². The first kappa shape index (κ1) is 15.5. The standard InChI is InChI=1S/C14H10ClN3O4/c15-10-3-6-13(19)12(7-10)14(20)17-16-8-9-1-4-11(5-2-9)18(21)22/h1-8,19H,(H,17,20)/b16-8-. The van der Waals surface area contributed by atoms with Gasteiger partial charge in [0.25, 0.3) is 11.6 Å². The van der Waals surface area contributed by atoms with Crippen molar-refractivity contribution in [2.75, 3.05) is 0 Å². The van der Waals surface area contributed by atoms with E-state index in [9.17, 15) is 20.0 Å². The number of aromatic hydroxyl groups is 1. The topological polar surface area (TPSA) is 105 Å². The van der Waals surface area contributed by atoms with Gasteiger partial charge >= 0.3 is 0 Å². The fraction of sp³-hybridized carbons (Fsp3) is 0. The van der Waals surface area contributed by atoms with Gasteiger partial charge in [0.15, 0.2) is 0 Å². The van der Waals surface area contributed by atoms with E-state index in [0.717, 1.165) is 0 Å². The molecule has 0 fully saturated rings. The molecule has 2 aromatic carbocycles. The molecule has 2 N–H and O–H groups in total. The average Bonchev–Trinajstić information content (AvgIpc) is 2.50. The first-order valence-electron chi connectivity index (χ1n) is 6.04. The Morgan fingerprint density at radius 2 is 1.95 bits per heavy atom. The number of hydrazone groups is 1. The zero-order valence-electron chi connectivity index (χ0n) is 11.1. The average molecular weight is 320 g/mol. The zero-order valence-corrected chi connectivity index (χ0v) is 11.8. The number of nitro groups is 1. The molecule has 0 atom stereocenters. The molecule has 7 nitrogen and oxygen atoms in total. The monoisotopic (exact) mass is 319 g/mol. The third-order valence-corrected chi connectivity index (χ3v) is 2.92. The van der Waals surface area contributed by atoms with Crippen LogP contribution in [0.4, 0.5) is 5.69 Å². The van der Waals surface area contributed by atoms with Gasteiger partial charge in [-0.3, -0.25) is 14.9 Å². The smallest absolute Gasteiger partial charge is 0.275 e. The first-order valence-corrected chi connectivity index (χ1v) is 6.41. The Labute approximate surface area is 130 Å². The maximum Gasteiger partial charge on any atom is 0.275 e. The van der Waals surface area contributed by atoms with Crippen molar-refractivity contribution in [3.05, 3.63) is 68.7 Å². The van der Waals surface area contributed by atoms with Gasteiger partial charge in [0.1, 0.15) is 5.75 Å². The molecule has 0 bridgehead atoms. The maximum absolute atomic E-state index is 11.8. The van der Waals surface area contributed by atoms with Crippen molar-refractivity contribution in [3.63, 3.8) is 0 Å². The number of halogens is 1. The van der Waals surface area contributed by atoms with Gasteiger partial charge in [-0.1, -0.05) is 11.6 Å². The number of amides is 1. The Morgan fingerprint density at radius 3 is 2.59 bits per heavy atom. The number of rotatable bonds is 4. The summed E-state index contributed by atoms with van der Waals surface area (Å²) in [6, 6.07) is 9.70. The predicted molar refractivity (Wildman–Crippen MR) is 81.3 cm³/mol. The van der Waals surface area contributed by atoms with Gasteiger partial charge in [-0.2, -0.15) is 5.10 Å². The van der Waals surface area contributed by atoms with Crippen LogP contribution in [-0.4, -0.2) is 22.2 Å². The van der Waals surface area contributed by atoms with E-state index in [0.29, 0.717) is 10.6 Å². The van der Waals surface area contributed by atoms with E-state index < -0.39 is 10.8 Å². The van der Waals surface area contributed by atoms with E-state index in [1.807, 2.05) is 0 Å². The highest BCUT2D eigenvalue weighted by Crippen LogP contribution is 2.21. The van der Waals surface area contributed by atoms with Crippen LogP contribution in [0.15, 0.2) is 47.6 Å². The molecular weight excluding hydrogens is 310 g/mol. The molecule has 2 rings (SSSR count). The second-order valence-corrected chi connectivity index (χ2v) is 4.65. The summed E-state index contributed by atoms with van der Waals surface area (Å²) in [5.74, 6) is -0.842. The second kappa shape index (κ2) is 6.68. The van der Waals surface area contributed by atoms with Gasteiger partial charge < -0.3 is 5.11 Å². The van der Waals surface area contributed by atoms with Crippen LogP contribution in [0.25, 0.3) is 0 Å². The highest BCUT2D eigenvalue weighted by molar-refractivity contribution is 6.31. The fourth-order valence-electron chi connectivity index (χ4n) is 1.60. The Morgan fingerprint density at radius 1 is 1.27 bits per heavy atom. The van der Waals surface area contributed by atoms with E-state index in [1.165, 1.54) is 48.7 Å². The summed E-state index contributed by atoms with van der Waals surface area (Å²) in [4.78, 5) is 21.8. The number of benzene rings is 2. The minimum atomic E-state index is -0.627. The SMILES string of the molecule is O=C(N/N=C\c1ccc([N+](=O)[O-])cc1)c1cc(Cl)ccc1O. The van der Waals surface area contributed by atoms with Gasteiger partial charge in [-0.25, -0.2) is 5.43 Å². The summed E-state index contributed by atoms with van der Waals surface area (Å²) < 4.78 is 0. The summed E-state index contributed by atoms with van der Waals surface area (Å²) in [6.45, 7) is 0. The summed E-state index contributed by atoms with van der Waals surface area (Å²) >= 11 is 5.75. The lowest BCUT2D eigenvalue weighted by molar-refractivity contribution is -0.384. The van der Waals surface area contributed by atoms with Crippen molar-refractivity contribution >= 4 is 29.4 Å². The van der Waals surface area contributed by atoms with Crippen LogP contribution >= 0.6 is 11.6 Å². The second-order valence-electron chi connectivity index (χ2n) is 4.21. The number of nitrogens with zero attached hydrogens (tertiary/aromatic N) is 2. The highest BCUT2D eigenvalue weighted by Gasteiger charge is 2.10. The van der Waals surface area contributed by atoms with E-state index in [4.69, 9.17) is 11.6 Å².